The van der Waals surface area contributed by atoms with Crippen molar-refractivity contribution in [2.45, 2.75) is 37.4 Å². The third kappa shape index (κ3) is 1.38. The van der Waals surface area contributed by atoms with E-state index in [1.165, 1.54) is 0 Å². The summed E-state index contributed by atoms with van der Waals surface area (Å²) in [4.78, 5) is 0. The molecule has 0 radical (unpaired) electrons. The number of aliphatic hydroxyl groups excluding tert-OH is 1. The Balaban J connectivity index is 2.94. The fourth-order valence-corrected chi connectivity index (χ4v) is 3.61. The van der Waals surface area contributed by atoms with Gasteiger partial charge in [0.05, 0.1) is 11.4 Å². The number of rotatable bonds is 3. The average Bonchev–Trinajstić information content (AvgIpc) is 2.53. The third-order valence-corrected chi connectivity index (χ3v) is 5.46. The summed E-state index contributed by atoms with van der Waals surface area (Å²) in [6.07, 6.45) is 3.14. The number of hydrogen-bond donors (Lipinski definition) is 1. The van der Waals surface area contributed by atoms with E-state index in [1.54, 1.807) is 6.92 Å². The molecule has 0 saturated heterocycles. The minimum atomic E-state index is -3.06. The Hall–Kier alpha value is -0.0900. The van der Waals surface area contributed by atoms with Crippen LogP contribution in [0.25, 0.3) is 0 Å². The molecule has 1 N–H and O–H groups in total. The van der Waals surface area contributed by atoms with E-state index in [9.17, 15) is 8.42 Å². The van der Waals surface area contributed by atoms with E-state index in [0.29, 0.717) is 12.8 Å². The van der Waals surface area contributed by atoms with Crippen LogP contribution < -0.4 is 0 Å². The van der Waals surface area contributed by atoms with Gasteiger partial charge in [-0.3, -0.25) is 0 Å². The van der Waals surface area contributed by atoms with Crippen LogP contribution in [0.15, 0.2) is 0 Å². The van der Waals surface area contributed by atoms with Gasteiger partial charge in [0, 0.05) is 5.75 Å². The van der Waals surface area contributed by atoms with E-state index in [2.05, 4.69) is 0 Å². The zero-order valence-electron chi connectivity index (χ0n) is 7.41. The fraction of sp³-hybridized carbons (Fsp3) is 1.00. The van der Waals surface area contributed by atoms with Crippen molar-refractivity contribution < 1.29 is 13.5 Å². The van der Waals surface area contributed by atoms with Crippen LogP contribution in [0.3, 0.4) is 0 Å². The van der Waals surface area contributed by atoms with E-state index >= 15 is 0 Å². The minimum absolute atomic E-state index is 0.146. The van der Waals surface area contributed by atoms with Gasteiger partial charge in [-0.25, -0.2) is 8.42 Å². The first-order valence-electron chi connectivity index (χ1n) is 4.41. The molecule has 12 heavy (non-hydrogen) atoms. The molecule has 4 heteroatoms. The van der Waals surface area contributed by atoms with Crippen molar-refractivity contribution in [2.24, 2.45) is 0 Å². The van der Waals surface area contributed by atoms with Crippen LogP contribution in [0.1, 0.15) is 32.6 Å². The minimum Gasteiger partial charge on any atom is -0.395 e. The summed E-state index contributed by atoms with van der Waals surface area (Å²) in [6, 6.07) is 0. The summed E-state index contributed by atoms with van der Waals surface area (Å²) in [6.45, 7) is 1.44. The number of aliphatic hydroxyl groups is 1. The fourth-order valence-electron chi connectivity index (χ4n) is 1.89. The van der Waals surface area contributed by atoms with E-state index < -0.39 is 14.6 Å². The van der Waals surface area contributed by atoms with Gasteiger partial charge in [0.1, 0.15) is 0 Å². The molecule has 0 aliphatic heterocycles. The zero-order chi connectivity index (χ0) is 9.24. The predicted molar refractivity (Wildman–Crippen MR) is 47.7 cm³/mol. The van der Waals surface area contributed by atoms with Crippen LogP contribution in [-0.4, -0.2) is 30.6 Å². The van der Waals surface area contributed by atoms with E-state index in [0.717, 1.165) is 12.8 Å². The summed E-state index contributed by atoms with van der Waals surface area (Å²) in [5, 5.41) is 9.10. The van der Waals surface area contributed by atoms with Gasteiger partial charge in [-0.05, 0) is 12.8 Å². The van der Waals surface area contributed by atoms with Crippen LogP contribution in [0.5, 0.6) is 0 Å². The molecule has 0 aromatic heterocycles. The molecule has 0 bridgehead atoms. The molecule has 1 aliphatic carbocycles. The Morgan fingerprint density at radius 3 is 2.17 bits per heavy atom. The van der Waals surface area contributed by atoms with Gasteiger partial charge in [-0.15, -0.1) is 0 Å². The zero-order valence-corrected chi connectivity index (χ0v) is 8.23. The van der Waals surface area contributed by atoms with Crippen molar-refractivity contribution >= 4 is 9.84 Å². The normalized spacial score (nSPS) is 22.8. The summed E-state index contributed by atoms with van der Waals surface area (Å²) in [5.74, 6) is 0.146. The van der Waals surface area contributed by atoms with Crippen molar-refractivity contribution in [1.82, 2.24) is 0 Å². The molecule has 0 aromatic rings. The van der Waals surface area contributed by atoms with E-state index in [-0.39, 0.29) is 12.4 Å². The van der Waals surface area contributed by atoms with Crippen LogP contribution in [0, 0.1) is 0 Å². The molecule has 3 nitrogen and oxygen atoms in total. The van der Waals surface area contributed by atoms with Gasteiger partial charge in [0.2, 0.25) is 0 Å². The molecular formula is C8H16O3S. The molecule has 1 rings (SSSR count). The second-order valence-electron chi connectivity index (χ2n) is 3.45. The first-order chi connectivity index (χ1) is 5.58. The summed E-state index contributed by atoms with van der Waals surface area (Å²) in [7, 11) is -3.06. The molecule has 0 aromatic carbocycles. The van der Waals surface area contributed by atoms with Crippen molar-refractivity contribution in [3.05, 3.63) is 0 Å². The lowest BCUT2D eigenvalue weighted by Gasteiger charge is -2.25. The average molecular weight is 192 g/mol. The van der Waals surface area contributed by atoms with Gasteiger partial charge >= 0.3 is 0 Å². The lowest BCUT2D eigenvalue weighted by Crippen LogP contribution is -2.40. The second kappa shape index (κ2) is 3.34. The second-order valence-corrected chi connectivity index (χ2v) is 6.12. The molecule has 0 atom stereocenters. The van der Waals surface area contributed by atoms with E-state index in [4.69, 9.17) is 5.11 Å². The highest BCUT2D eigenvalue weighted by atomic mass is 32.2. The Labute approximate surface area is 73.7 Å². The largest absolute Gasteiger partial charge is 0.395 e. The monoisotopic (exact) mass is 192 g/mol. The maximum Gasteiger partial charge on any atom is 0.157 e. The molecule has 0 unspecified atom stereocenters. The van der Waals surface area contributed by atoms with Gasteiger partial charge in [-0.2, -0.15) is 0 Å². The lowest BCUT2D eigenvalue weighted by atomic mass is 10.1. The Bertz CT molecular complexity index is 237. The maximum atomic E-state index is 11.6. The molecule has 72 valence electrons. The molecular weight excluding hydrogens is 176 g/mol. The van der Waals surface area contributed by atoms with Crippen molar-refractivity contribution in [2.75, 3.05) is 12.4 Å². The van der Waals surface area contributed by atoms with Gasteiger partial charge in [0.25, 0.3) is 0 Å². The Kier molecular flexibility index (Phi) is 2.78. The number of sulfone groups is 1. The molecule has 1 fully saturated rings. The number of hydrogen-bond acceptors (Lipinski definition) is 3. The molecule has 1 saturated carbocycles. The van der Waals surface area contributed by atoms with Crippen LogP contribution in [-0.2, 0) is 9.84 Å². The first-order valence-corrected chi connectivity index (χ1v) is 6.06. The topological polar surface area (TPSA) is 54.4 Å². The summed E-state index contributed by atoms with van der Waals surface area (Å²) < 4.78 is 22.4. The molecule has 0 amide bonds. The lowest BCUT2D eigenvalue weighted by molar-refractivity contribution is 0.242. The molecule has 1 aliphatic rings. The smallest absolute Gasteiger partial charge is 0.157 e. The maximum absolute atomic E-state index is 11.6. The van der Waals surface area contributed by atoms with Crippen molar-refractivity contribution in [3.8, 4) is 0 Å². The predicted octanol–water partition coefficient (Wildman–Crippen LogP) is 0.726. The van der Waals surface area contributed by atoms with Crippen LogP contribution in [0.2, 0.25) is 0 Å². The standard InChI is InChI=1S/C8H16O3S/c1-2-12(10,11)8(7-9)5-3-4-6-8/h9H,2-7H2,1H3. The van der Waals surface area contributed by atoms with Gasteiger partial charge < -0.3 is 5.11 Å². The Morgan fingerprint density at radius 2 is 1.83 bits per heavy atom. The Morgan fingerprint density at radius 1 is 1.33 bits per heavy atom. The third-order valence-electron chi connectivity index (χ3n) is 2.84. The van der Waals surface area contributed by atoms with Gasteiger partial charge in [-0.1, -0.05) is 19.8 Å². The van der Waals surface area contributed by atoms with Crippen molar-refractivity contribution in [3.63, 3.8) is 0 Å². The highest BCUT2D eigenvalue weighted by molar-refractivity contribution is 7.92. The van der Waals surface area contributed by atoms with Crippen LogP contribution in [0.4, 0.5) is 0 Å². The first kappa shape index (κ1) is 9.99. The van der Waals surface area contributed by atoms with Crippen LogP contribution >= 0.6 is 0 Å². The molecule has 0 heterocycles. The SMILES string of the molecule is CCS(=O)(=O)C1(CO)CCCC1. The molecule has 0 spiro atoms. The van der Waals surface area contributed by atoms with Gasteiger partial charge in [0.15, 0.2) is 9.84 Å². The quantitative estimate of drug-likeness (QED) is 0.717. The highest BCUT2D eigenvalue weighted by Gasteiger charge is 2.44. The summed E-state index contributed by atoms with van der Waals surface area (Å²) >= 11 is 0. The van der Waals surface area contributed by atoms with Crippen molar-refractivity contribution in [1.29, 1.82) is 0 Å². The summed E-state index contributed by atoms with van der Waals surface area (Å²) in [5.41, 5.74) is 0. The highest BCUT2D eigenvalue weighted by Crippen LogP contribution is 2.36. The van der Waals surface area contributed by atoms with E-state index in [1.807, 2.05) is 0 Å².